The molecule has 0 aromatic heterocycles. The van der Waals surface area contributed by atoms with Crippen molar-refractivity contribution in [3.05, 3.63) is 28.3 Å². The molecule has 1 aromatic rings. The van der Waals surface area contributed by atoms with Gasteiger partial charge in [-0.25, -0.2) is 8.42 Å². The molecule has 0 N–H and O–H groups in total. The van der Waals surface area contributed by atoms with Crippen molar-refractivity contribution in [3.8, 4) is 5.75 Å². The fourth-order valence-corrected chi connectivity index (χ4v) is 3.19. The quantitative estimate of drug-likeness (QED) is 0.438. The Kier molecular flexibility index (Phi) is 5.76. The highest BCUT2D eigenvalue weighted by molar-refractivity contribution is 7.91. The Morgan fingerprint density at radius 1 is 1.35 bits per heavy atom. The molecule has 0 atom stereocenters. The maximum Gasteiger partial charge on any atom is 0.274 e. The summed E-state index contributed by atoms with van der Waals surface area (Å²) >= 11 is 5.48. The van der Waals surface area contributed by atoms with Gasteiger partial charge in [0.2, 0.25) is 0 Å². The monoisotopic (exact) mass is 321 g/mol. The van der Waals surface area contributed by atoms with E-state index in [1.54, 1.807) is 13.8 Å². The molecule has 0 saturated carbocycles. The van der Waals surface area contributed by atoms with Crippen LogP contribution in [0.5, 0.6) is 5.75 Å². The predicted molar refractivity (Wildman–Crippen MR) is 76.3 cm³/mol. The fraction of sp³-hybridized carbons (Fsp3) is 0.500. The van der Waals surface area contributed by atoms with Crippen molar-refractivity contribution in [1.29, 1.82) is 0 Å². The van der Waals surface area contributed by atoms with Gasteiger partial charge in [-0.2, -0.15) is 0 Å². The van der Waals surface area contributed by atoms with Crippen LogP contribution in [-0.4, -0.2) is 31.1 Å². The second kappa shape index (κ2) is 6.90. The second-order valence-electron chi connectivity index (χ2n) is 4.45. The largest absolute Gasteiger partial charge is 0.491 e. The number of nitro groups is 1. The number of nitrogens with zero attached hydrogens (tertiary/aromatic N) is 1. The van der Waals surface area contributed by atoms with Gasteiger partial charge >= 0.3 is 0 Å². The maximum atomic E-state index is 12.1. The normalized spacial score (nSPS) is 11.6. The lowest BCUT2D eigenvalue weighted by atomic mass is 10.3. The van der Waals surface area contributed by atoms with E-state index in [0.717, 1.165) is 6.07 Å². The topological polar surface area (TPSA) is 86.5 Å². The van der Waals surface area contributed by atoms with Crippen LogP contribution in [0.25, 0.3) is 0 Å². The third-order valence-electron chi connectivity index (χ3n) is 2.35. The van der Waals surface area contributed by atoms with Gasteiger partial charge in [0.15, 0.2) is 9.84 Å². The summed E-state index contributed by atoms with van der Waals surface area (Å²) in [6.45, 7) is 3.50. The van der Waals surface area contributed by atoms with Gasteiger partial charge in [0.05, 0.1) is 27.7 Å². The molecule has 0 bridgehead atoms. The molecule has 0 spiro atoms. The highest BCUT2D eigenvalue weighted by atomic mass is 35.5. The molecule has 1 rings (SSSR count). The van der Waals surface area contributed by atoms with Gasteiger partial charge in [-0.1, -0.05) is 0 Å². The lowest BCUT2D eigenvalue weighted by Gasteiger charge is -2.11. The second-order valence-corrected chi connectivity index (χ2v) is 6.93. The zero-order valence-electron chi connectivity index (χ0n) is 11.2. The molecule has 0 aliphatic rings. The molecule has 112 valence electrons. The van der Waals surface area contributed by atoms with E-state index in [1.807, 2.05) is 0 Å². The standard InChI is InChI=1S/C12H16ClNO5S/c1-9(2)19-11-6-10(14(15)16)7-12(8-11)20(17,18)5-3-4-13/h6-9H,3-5H2,1-2H3. The number of sulfone groups is 1. The van der Waals surface area contributed by atoms with Gasteiger partial charge in [0, 0.05) is 11.9 Å². The summed E-state index contributed by atoms with van der Waals surface area (Å²) in [6, 6.07) is 3.55. The molecule has 20 heavy (non-hydrogen) atoms. The summed E-state index contributed by atoms with van der Waals surface area (Å²) in [6.07, 6.45) is 0.0721. The van der Waals surface area contributed by atoms with E-state index in [0.29, 0.717) is 0 Å². The molecular weight excluding hydrogens is 306 g/mol. The summed E-state index contributed by atoms with van der Waals surface area (Å²) in [5, 5.41) is 10.9. The number of alkyl halides is 1. The molecule has 0 aliphatic carbocycles. The number of rotatable bonds is 7. The first kappa shape index (κ1) is 16.7. The van der Waals surface area contributed by atoms with Crippen molar-refractivity contribution in [2.24, 2.45) is 0 Å². The zero-order valence-corrected chi connectivity index (χ0v) is 12.8. The average molecular weight is 322 g/mol. The van der Waals surface area contributed by atoms with Crippen LogP contribution in [-0.2, 0) is 9.84 Å². The molecular formula is C12H16ClNO5S. The lowest BCUT2D eigenvalue weighted by molar-refractivity contribution is -0.385. The first-order valence-electron chi connectivity index (χ1n) is 6.01. The van der Waals surface area contributed by atoms with Gasteiger partial charge in [0.1, 0.15) is 5.75 Å². The van der Waals surface area contributed by atoms with Gasteiger partial charge in [-0.3, -0.25) is 10.1 Å². The molecule has 1 aromatic carbocycles. The van der Waals surface area contributed by atoms with Crippen molar-refractivity contribution >= 4 is 27.1 Å². The first-order valence-corrected chi connectivity index (χ1v) is 8.20. The van der Waals surface area contributed by atoms with Crippen LogP contribution in [0.4, 0.5) is 5.69 Å². The van der Waals surface area contributed by atoms with Crippen LogP contribution in [0.3, 0.4) is 0 Å². The Labute approximate surface area is 122 Å². The van der Waals surface area contributed by atoms with E-state index in [2.05, 4.69) is 0 Å². The molecule has 0 saturated heterocycles. The number of hydrogen-bond donors (Lipinski definition) is 0. The van der Waals surface area contributed by atoms with Gasteiger partial charge < -0.3 is 4.74 Å². The van der Waals surface area contributed by atoms with E-state index in [1.165, 1.54) is 12.1 Å². The number of nitro benzene ring substituents is 1. The van der Waals surface area contributed by atoms with Crippen LogP contribution in [0.15, 0.2) is 23.1 Å². The number of benzene rings is 1. The zero-order chi connectivity index (χ0) is 15.3. The van der Waals surface area contributed by atoms with Crippen molar-refractivity contribution in [2.45, 2.75) is 31.3 Å². The minimum atomic E-state index is -3.61. The summed E-state index contributed by atoms with van der Waals surface area (Å²) in [7, 11) is -3.61. The summed E-state index contributed by atoms with van der Waals surface area (Å²) in [4.78, 5) is 10.1. The number of ether oxygens (including phenoxy) is 1. The minimum Gasteiger partial charge on any atom is -0.491 e. The van der Waals surface area contributed by atoms with Gasteiger partial charge in [-0.05, 0) is 26.3 Å². The SMILES string of the molecule is CC(C)Oc1cc([N+](=O)[O-])cc(S(=O)(=O)CCCCl)c1. The third-order valence-corrected chi connectivity index (χ3v) is 4.40. The van der Waals surface area contributed by atoms with E-state index >= 15 is 0 Å². The summed E-state index contributed by atoms with van der Waals surface area (Å²) < 4.78 is 29.5. The van der Waals surface area contributed by atoms with Crippen LogP contribution in [0, 0.1) is 10.1 Å². The van der Waals surface area contributed by atoms with Crippen molar-refractivity contribution < 1.29 is 18.1 Å². The summed E-state index contributed by atoms with van der Waals surface area (Å²) in [5.74, 6) is 0.223. The highest BCUT2D eigenvalue weighted by Gasteiger charge is 2.20. The van der Waals surface area contributed by atoms with Crippen molar-refractivity contribution in [3.63, 3.8) is 0 Å². The highest BCUT2D eigenvalue weighted by Crippen LogP contribution is 2.27. The first-order chi connectivity index (χ1) is 9.26. The molecule has 0 radical (unpaired) electrons. The Bertz CT molecular complexity index is 586. The van der Waals surface area contributed by atoms with E-state index in [-0.39, 0.29) is 40.5 Å². The smallest absolute Gasteiger partial charge is 0.274 e. The van der Waals surface area contributed by atoms with E-state index in [9.17, 15) is 18.5 Å². The number of non-ortho nitro benzene ring substituents is 1. The molecule has 0 amide bonds. The van der Waals surface area contributed by atoms with Crippen LogP contribution >= 0.6 is 11.6 Å². The predicted octanol–water partition coefficient (Wildman–Crippen LogP) is 2.78. The van der Waals surface area contributed by atoms with Gasteiger partial charge in [-0.15, -0.1) is 11.6 Å². The molecule has 0 aliphatic heterocycles. The van der Waals surface area contributed by atoms with Crippen molar-refractivity contribution in [1.82, 2.24) is 0 Å². The number of hydrogen-bond acceptors (Lipinski definition) is 5. The Morgan fingerprint density at radius 2 is 2.00 bits per heavy atom. The fourth-order valence-electron chi connectivity index (χ4n) is 1.54. The Hall–Kier alpha value is -1.34. The third kappa shape index (κ3) is 4.64. The van der Waals surface area contributed by atoms with Crippen molar-refractivity contribution in [2.75, 3.05) is 11.6 Å². The molecule has 0 heterocycles. The molecule has 6 nitrogen and oxygen atoms in total. The molecule has 0 fully saturated rings. The average Bonchev–Trinajstić information content (AvgIpc) is 2.35. The van der Waals surface area contributed by atoms with E-state index < -0.39 is 14.8 Å². The maximum absolute atomic E-state index is 12.1. The minimum absolute atomic E-state index is 0.118. The van der Waals surface area contributed by atoms with Gasteiger partial charge in [0.25, 0.3) is 5.69 Å². The lowest BCUT2D eigenvalue weighted by Crippen LogP contribution is -2.10. The van der Waals surface area contributed by atoms with Crippen LogP contribution < -0.4 is 4.74 Å². The van der Waals surface area contributed by atoms with Crippen LogP contribution in [0.1, 0.15) is 20.3 Å². The Morgan fingerprint density at radius 3 is 2.50 bits per heavy atom. The van der Waals surface area contributed by atoms with Crippen LogP contribution in [0.2, 0.25) is 0 Å². The molecule has 0 unspecified atom stereocenters. The molecule has 8 heteroatoms. The summed E-state index contributed by atoms with van der Waals surface area (Å²) in [5.41, 5.74) is -0.312. The van der Waals surface area contributed by atoms with E-state index in [4.69, 9.17) is 16.3 Å². The Balaban J connectivity index is 3.24. The number of halogens is 1.